The minimum atomic E-state index is -0.370. The lowest BCUT2D eigenvalue weighted by Gasteiger charge is -2.04. The molecule has 2 rings (SSSR count). The van der Waals surface area contributed by atoms with Crippen LogP contribution in [-0.4, -0.2) is 10.1 Å². The van der Waals surface area contributed by atoms with Crippen LogP contribution in [0.15, 0.2) is 36.5 Å². The number of rotatable bonds is 1. The molecule has 1 heterocycles. The Morgan fingerprint density at radius 3 is 2.73 bits per heavy atom. The smallest absolute Gasteiger partial charge is 0.143 e. The van der Waals surface area contributed by atoms with Gasteiger partial charge in [-0.25, -0.2) is 4.39 Å². The number of nitrogens with zero attached hydrogens (tertiary/aromatic N) is 1. The molecule has 0 amide bonds. The van der Waals surface area contributed by atoms with Gasteiger partial charge < -0.3 is 10.8 Å². The fourth-order valence-electron chi connectivity index (χ4n) is 1.33. The number of nitrogen functional groups attached to an aromatic ring is 1. The predicted molar refractivity (Wildman–Crippen MR) is 55.7 cm³/mol. The van der Waals surface area contributed by atoms with E-state index in [0.717, 1.165) is 0 Å². The van der Waals surface area contributed by atoms with Crippen molar-refractivity contribution in [3.63, 3.8) is 0 Å². The zero-order valence-corrected chi connectivity index (χ0v) is 7.81. The van der Waals surface area contributed by atoms with Gasteiger partial charge in [-0.2, -0.15) is 0 Å². The van der Waals surface area contributed by atoms with E-state index in [1.807, 2.05) is 0 Å². The van der Waals surface area contributed by atoms with Crippen LogP contribution in [0, 0.1) is 5.82 Å². The molecule has 0 bridgehead atoms. The van der Waals surface area contributed by atoms with Crippen LogP contribution in [0.5, 0.6) is 5.75 Å². The Morgan fingerprint density at radius 2 is 2.07 bits per heavy atom. The van der Waals surface area contributed by atoms with Gasteiger partial charge in [0, 0.05) is 11.6 Å². The molecule has 0 aliphatic rings. The van der Waals surface area contributed by atoms with Crippen LogP contribution in [-0.2, 0) is 0 Å². The highest BCUT2D eigenvalue weighted by molar-refractivity contribution is 5.67. The van der Waals surface area contributed by atoms with Gasteiger partial charge in [0.15, 0.2) is 0 Å². The average Bonchev–Trinajstić information content (AvgIpc) is 2.17. The van der Waals surface area contributed by atoms with Crippen LogP contribution in [0.3, 0.4) is 0 Å². The lowest BCUT2D eigenvalue weighted by atomic mass is 10.1. The summed E-state index contributed by atoms with van der Waals surface area (Å²) >= 11 is 0. The van der Waals surface area contributed by atoms with Crippen molar-refractivity contribution in [1.82, 2.24) is 4.98 Å². The van der Waals surface area contributed by atoms with Gasteiger partial charge in [0.2, 0.25) is 0 Å². The second kappa shape index (κ2) is 3.57. The van der Waals surface area contributed by atoms with Crippen LogP contribution in [0.1, 0.15) is 0 Å². The summed E-state index contributed by atoms with van der Waals surface area (Å²) in [6.07, 6.45) is 1.42. The Labute approximate surface area is 86.0 Å². The third kappa shape index (κ3) is 1.88. The zero-order chi connectivity index (χ0) is 10.8. The summed E-state index contributed by atoms with van der Waals surface area (Å²) in [6.45, 7) is 0. The normalized spacial score (nSPS) is 10.2. The van der Waals surface area contributed by atoms with Gasteiger partial charge in [0.1, 0.15) is 17.3 Å². The molecule has 0 aliphatic carbocycles. The highest BCUT2D eigenvalue weighted by Gasteiger charge is 2.06. The number of hydrogen-bond donors (Lipinski definition) is 2. The van der Waals surface area contributed by atoms with E-state index >= 15 is 0 Å². The molecule has 0 saturated heterocycles. The minimum absolute atomic E-state index is 0.0550. The molecule has 15 heavy (non-hydrogen) atoms. The van der Waals surface area contributed by atoms with Gasteiger partial charge in [0.25, 0.3) is 0 Å². The van der Waals surface area contributed by atoms with E-state index in [1.165, 1.54) is 24.4 Å². The zero-order valence-electron chi connectivity index (χ0n) is 7.81. The first kappa shape index (κ1) is 9.45. The summed E-state index contributed by atoms with van der Waals surface area (Å²) in [5.41, 5.74) is 6.65. The van der Waals surface area contributed by atoms with E-state index in [9.17, 15) is 9.50 Å². The fraction of sp³-hybridized carbons (Fsp3) is 0. The molecule has 0 unspecified atom stereocenters. The number of hydrogen-bond acceptors (Lipinski definition) is 3. The van der Waals surface area contributed by atoms with E-state index in [4.69, 9.17) is 5.73 Å². The molecule has 0 spiro atoms. The second-order valence-corrected chi connectivity index (χ2v) is 3.15. The predicted octanol–water partition coefficient (Wildman–Crippen LogP) is 2.18. The molecule has 0 fully saturated rings. The third-order valence-electron chi connectivity index (χ3n) is 1.99. The molecule has 0 saturated carbocycles. The second-order valence-electron chi connectivity index (χ2n) is 3.15. The molecule has 4 heteroatoms. The molecule has 0 aliphatic heterocycles. The molecule has 0 radical (unpaired) electrons. The Kier molecular flexibility index (Phi) is 2.25. The number of benzene rings is 1. The summed E-state index contributed by atoms with van der Waals surface area (Å²) in [5.74, 6) is -0.425. The van der Waals surface area contributed by atoms with Crippen LogP contribution in [0.2, 0.25) is 0 Å². The Balaban J connectivity index is 2.54. The SMILES string of the molecule is Nc1cnc(-c2cccc(F)c2)c(O)c1. The maximum atomic E-state index is 12.9. The standard InChI is InChI=1S/C11H9FN2O/c12-8-3-1-2-7(4-8)11-10(15)5-9(13)6-14-11/h1-6,15H,13H2. The van der Waals surface area contributed by atoms with Crippen molar-refractivity contribution in [3.05, 3.63) is 42.3 Å². The Bertz CT molecular complexity index is 500. The van der Waals surface area contributed by atoms with Gasteiger partial charge in [-0.05, 0) is 12.1 Å². The highest BCUT2D eigenvalue weighted by Crippen LogP contribution is 2.28. The highest BCUT2D eigenvalue weighted by atomic mass is 19.1. The summed E-state index contributed by atoms with van der Waals surface area (Å²) < 4.78 is 12.9. The van der Waals surface area contributed by atoms with Crippen LogP contribution in [0.4, 0.5) is 10.1 Å². The van der Waals surface area contributed by atoms with Crippen molar-refractivity contribution in [1.29, 1.82) is 0 Å². The first-order chi connectivity index (χ1) is 7.16. The van der Waals surface area contributed by atoms with Gasteiger partial charge in [-0.1, -0.05) is 12.1 Å². The summed E-state index contributed by atoms with van der Waals surface area (Å²) in [4.78, 5) is 3.95. The number of halogens is 1. The van der Waals surface area contributed by atoms with Crippen LogP contribution in [0.25, 0.3) is 11.3 Å². The lowest BCUT2D eigenvalue weighted by Crippen LogP contribution is -1.90. The van der Waals surface area contributed by atoms with Gasteiger partial charge in [-0.3, -0.25) is 4.98 Å². The number of pyridine rings is 1. The topological polar surface area (TPSA) is 59.1 Å². The molecule has 2 aromatic rings. The summed E-state index contributed by atoms with van der Waals surface area (Å²) in [6, 6.07) is 7.24. The largest absolute Gasteiger partial charge is 0.506 e. The summed E-state index contributed by atoms with van der Waals surface area (Å²) in [5, 5.41) is 9.57. The molecule has 0 atom stereocenters. The molecule has 76 valence electrons. The molecular weight excluding hydrogens is 195 g/mol. The molecule has 3 nitrogen and oxygen atoms in total. The fourth-order valence-corrected chi connectivity index (χ4v) is 1.33. The number of nitrogens with two attached hydrogens (primary N) is 1. The Morgan fingerprint density at radius 1 is 1.27 bits per heavy atom. The van der Waals surface area contributed by atoms with Crippen molar-refractivity contribution in [3.8, 4) is 17.0 Å². The number of aromatic nitrogens is 1. The van der Waals surface area contributed by atoms with Crippen molar-refractivity contribution in [2.45, 2.75) is 0 Å². The maximum absolute atomic E-state index is 12.9. The minimum Gasteiger partial charge on any atom is -0.506 e. The van der Waals surface area contributed by atoms with E-state index < -0.39 is 0 Å². The quantitative estimate of drug-likeness (QED) is 0.748. The average molecular weight is 204 g/mol. The van der Waals surface area contributed by atoms with Crippen molar-refractivity contribution >= 4 is 5.69 Å². The van der Waals surface area contributed by atoms with Gasteiger partial charge in [0.05, 0.1) is 11.9 Å². The van der Waals surface area contributed by atoms with Crippen molar-refractivity contribution in [2.24, 2.45) is 0 Å². The van der Waals surface area contributed by atoms with E-state index in [0.29, 0.717) is 16.9 Å². The van der Waals surface area contributed by atoms with E-state index in [2.05, 4.69) is 4.98 Å². The van der Waals surface area contributed by atoms with Crippen molar-refractivity contribution in [2.75, 3.05) is 5.73 Å². The number of aromatic hydroxyl groups is 1. The first-order valence-electron chi connectivity index (χ1n) is 4.37. The van der Waals surface area contributed by atoms with E-state index in [1.54, 1.807) is 12.1 Å². The van der Waals surface area contributed by atoms with E-state index in [-0.39, 0.29) is 11.6 Å². The van der Waals surface area contributed by atoms with Gasteiger partial charge >= 0.3 is 0 Å². The molecule has 1 aromatic heterocycles. The number of anilines is 1. The third-order valence-corrected chi connectivity index (χ3v) is 1.99. The Hall–Kier alpha value is -2.10. The molecule has 3 N–H and O–H groups in total. The lowest BCUT2D eigenvalue weighted by molar-refractivity contribution is 0.475. The monoisotopic (exact) mass is 204 g/mol. The van der Waals surface area contributed by atoms with Crippen molar-refractivity contribution < 1.29 is 9.50 Å². The van der Waals surface area contributed by atoms with Crippen LogP contribution < -0.4 is 5.73 Å². The van der Waals surface area contributed by atoms with Gasteiger partial charge in [-0.15, -0.1) is 0 Å². The summed E-state index contributed by atoms with van der Waals surface area (Å²) in [7, 11) is 0. The molecule has 1 aromatic carbocycles. The maximum Gasteiger partial charge on any atom is 0.143 e. The first-order valence-corrected chi connectivity index (χ1v) is 4.37. The molecular formula is C11H9FN2O. The van der Waals surface area contributed by atoms with Crippen LogP contribution >= 0.6 is 0 Å².